The second-order valence-corrected chi connectivity index (χ2v) is 6.65. The summed E-state index contributed by atoms with van der Waals surface area (Å²) in [5.74, 6) is 0.344. The van der Waals surface area contributed by atoms with Gasteiger partial charge >= 0.3 is 0 Å². The van der Waals surface area contributed by atoms with E-state index in [1.54, 1.807) is 18.2 Å². The van der Waals surface area contributed by atoms with Crippen molar-refractivity contribution in [2.45, 2.75) is 23.8 Å². The maximum atomic E-state index is 12.3. The molecule has 1 N–H and O–H groups in total. The molecular formula is C12H14BrNO3S. The number of methoxy groups -OCH3 is 1. The molecular weight excluding hydrogens is 318 g/mol. The highest BCUT2D eigenvalue weighted by molar-refractivity contribution is 9.10. The number of hydrogen-bond donors (Lipinski definition) is 1. The van der Waals surface area contributed by atoms with Crippen LogP contribution in [-0.4, -0.2) is 21.6 Å². The molecule has 0 unspecified atom stereocenters. The van der Waals surface area contributed by atoms with Crippen LogP contribution >= 0.6 is 15.9 Å². The van der Waals surface area contributed by atoms with E-state index in [0.717, 1.165) is 12.8 Å². The summed E-state index contributed by atoms with van der Waals surface area (Å²) < 4.78 is 33.0. The summed E-state index contributed by atoms with van der Waals surface area (Å²) in [6, 6.07) is 4.86. The second kappa shape index (κ2) is 5.42. The SMILES string of the molecule is COc1ccc(Br)cc1S(=O)(=O)NC1CC=CC1. The monoisotopic (exact) mass is 331 g/mol. The molecule has 4 nitrogen and oxygen atoms in total. The molecule has 0 heterocycles. The first-order valence-corrected chi connectivity index (χ1v) is 7.81. The van der Waals surface area contributed by atoms with E-state index in [1.807, 2.05) is 12.2 Å². The Labute approximate surface area is 115 Å². The molecule has 0 bridgehead atoms. The molecule has 1 aliphatic rings. The van der Waals surface area contributed by atoms with Crippen LogP contribution in [0.2, 0.25) is 0 Å². The Bertz CT molecular complexity index is 561. The van der Waals surface area contributed by atoms with Crippen molar-refractivity contribution in [1.29, 1.82) is 0 Å². The van der Waals surface area contributed by atoms with Gasteiger partial charge in [-0.1, -0.05) is 28.1 Å². The standard InChI is InChI=1S/C12H14BrNO3S/c1-17-11-7-6-9(13)8-12(11)18(15,16)14-10-4-2-3-5-10/h2-3,6-8,10,14H,4-5H2,1H3. The number of ether oxygens (including phenoxy) is 1. The van der Waals surface area contributed by atoms with Gasteiger partial charge in [-0.3, -0.25) is 0 Å². The Hall–Kier alpha value is -0.850. The minimum Gasteiger partial charge on any atom is -0.495 e. The zero-order chi connectivity index (χ0) is 13.2. The first kappa shape index (κ1) is 13.6. The number of nitrogens with one attached hydrogen (secondary N) is 1. The maximum absolute atomic E-state index is 12.3. The number of rotatable bonds is 4. The quantitative estimate of drug-likeness (QED) is 0.862. The summed E-state index contributed by atoms with van der Waals surface area (Å²) >= 11 is 3.27. The zero-order valence-corrected chi connectivity index (χ0v) is 12.3. The van der Waals surface area contributed by atoms with Crippen molar-refractivity contribution in [3.63, 3.8) is 0 Å². The summed E-state index contributed by atoms with van der Waals surface area (Å²) in [5.41, 5.74) is 0. The molecule has 1 aromatic rings. The zero-order valence-electron chi connectivity index (χ0n) is 9.89. The van der Waals surface area contributed by atoms with Crippen molar-refractivity contribution in [2.75, 3.05) is 7.11 Å². The third-order valence-electron chi connectivity index (χ3n) is 2.74. The molecule has 6 heteroatoms. The van der Waals surface area contributed by atoms with E-state index in [9.17, 15) is 8.42 Å². The largest absolute Gasteiger partial charge is 0.495 e. The number of halogens is 1. The fourth-order valence-electron chi connectivity index (χ4n) is 1.86. The highest BCUT2D eigenvalue weighted by Crippen LogP contribution is 2.27. The van der Waals surface area contributed by atoms with Gasteiger partial charge < -0.3 is 4.74 Å². The molecule has 1 aromatic carbocycles. The minimum atomic E-state index is -3.55. The van der Waals surface area contributed by atoms with Crippen LogP contribution in [0.25, 0.3) is 0 Å². The normalized spacial score (nSPS) is 16.1. The molecule has 0 radical (unpaired) electrons. The van der Waals surface area contributed by atoms with Gasteiger partial charge in [0, 0.05) is 10.5 Å². The van der Waals surface area contributed by atoms with E-state index in [0.29, 0.717) is 10.2 Å². The Morgan fingerprint density at radius 2 is 2.00 bits per heavy atom. The molecule has 0 spiro atoms. The van der Waals surface area contributed by atoms with Crippen molar-refractivity contribution >= 4 is 26.0 Å². The van der Waals surface area contributed by atoms with Crippen molar-refractivity contribution in [2.24, 2.45) is 0 Å². The Morgan fingerprint density at radius 3 is 2.61 bits per heavy atom. The highest BCUT2D eigenvalue weighted by Gasteiger charge is 2.24. The number of hydrogen-bond acceptors (Lipinski definition) is 3. The summed E-state index contributed by atoms with van der Waals surface area (Å²) in [7, 11) is -2.10. The summed E-state index contributed by atoms with van der Waals surface area (Å²) in [6.45, 7) is 0. The van der Waals surface area contributed by atoms with Gasteiger partial charge in [0.2, 0.25) is 10.0 Å². The van der Waals surface area contributed by atoms with Crippen LogP contribution in [-0.2, 0) is 10.0 Å². The average Bonchev–Trinajstić information content (AvgIpc) is 2.81. The van der Waals surface area contributed by atoms with Crippen molar-refractivity contribution in [3.8, 4) is 5.75 Å². The van der Waals surface area contributed by atoms with Crippen LogP contribution in [0, 0.1) is 0 Å². The first-order chi connectivity index (χ1) is 8.53. The van der Waals surface area contributed by atoms with E-state index in [2.05, 4.69) is 20.7 Å². The van der Waals surface area contributed by atoms with Crippen LogP contribution in [0.3, 0.4) is 0 Å². The van der Waals surface area contributed by atoms with Gasteiger partial charge in [-0.2, -0.15) is 0 Å². The van der Waals surface area contributed by atoms with Crippen molar-refractivity contribution in [1.82, 2.24) is 4.72 Å². The molecule has 98 valence electrons. The smallest absolute Gasteiger partial charge is 0.244 e. The predicted molar refractivity (Wildman–Crippen MR) is 73.2 cm³/mol. The number of benzene rings is 1. The van der Waals surface area contributed by atoms with Crippen molar-refractivity contribution in [3.05, 3.63) is 34.8 Å². The Kier molecular flexibility index (Phi) is 4.09. The van der Waals surface area contributed by atoms with E-state index in [-0.39, 0.29) is 10.9 Å². The topological polar surface area (TPSA) is 55.4 Å². The van der Waals surface area contributed by atoms with E-state index >= 15 is 0 Å². The van der Waals surface area contributed by atoms with Gasteiger partial charge in [-0.25, -0.2) is 13.1 Å². The lowest BCUT2D eigenvalue weighted by Gasteiger charge is -2.15. The predicted octanol–water partition coefficient (Wildman–Crippen LogP) is 2.45. The van der Waals surface area contributed by atoms with Gasteiger partial charge in [0.25, 0.3) is 0 Å². The second-order valence-electron chi connectivity index (χ2n) is 4.06. The van der Waals surface area contributed by atoms with E-state index in [4.69, 9.17) is 4.74 Å². The molecule has 0 fully saturated rings. The van der Waals surface area contributed by atoms with Gasteiger partial charge in [0.05, 0.1) is 7.11 Å². The molecule has 0 aliphatic heterocycles. The lowest BCUT2D eigenvalue weighted by molar-refractivity contribution is 0.402. The lowest BCUT2D eigenvalue weighted by Crippen LogP contribution is -2.33. The molecule has 0 amide bonds. The third kappa shape index (κ3) is 2.93. The van der Waals surface area contributed by atoms with Gasteiger partial charge in [-0.05, 0) is 31.0 Å². The first-order valence-electron chi connectivity index (χ1n) is 5.54. The van der Waals surface area contributed by atoms with E-state index in [1.165, 1.54) is 7.11 Å². The molecule has 1 aliphatic carbocycles. The molecule has 0 aromatic heterocycles. The van der Waals surface area contributed by atoms with Gasteiger partial charge in [-0.15, -0.1) is 0 Å². The summed E-state index contributed by atoms with van der Waals surface area (Å²) in [4.78, 5) is 0.159. The van der Waals surface area contributed by atoms with E-state index < -0.39 is 10.0 Å². The fraction of sp³-hybridized carbons (Fsp3) is 0.333. The molecule has 2 rings (SSSR count). The molecule has 18 heavy (non-hydrogen) atoms. The van der Waals surface area contributed by atoms with Crippen LogP contribution in [0.15, 0.2) is 39.7 Å². The summed E-state index contributed by atoms with van der Waals surface area (Å²) in [6.07, 6.45) is 5.42. The Morgan fingerprint density at radius 1 is 1.33 bits per heavy atom. The summed E-state index contributed by atoms with van der Waals surface area (Å²) in [5, 5.41) is 0. The van der Waals surface area contributed by atoms with Crippen LogP contribution in [0.1, 0.15) is 12.8 Å². The van der Waals surface area contributed by atoms with Crippen LogP contribution < -0.4 is 9.46 Å². The van der Waals surface area contributed by atoms with Gasteiger partial charge in [0.15, 0.2) is 0 Å². The maximum Gasteiger partial charge on any atom is 0.244 e. The molecule has 0 atom stereocenters. The number of sulfonamides is 1. The minimum absolute atomic E-state index is 0.0568. The Balaban J connectivity index is 2.31. The van der Waals surface area contributed by atoms with Crippen molar-refractivity contribution < 1.29 is 13.2 Å². The third-order valence-corrected chi connectivity index (χ3v) is 4.78. The highest BCUT2D eigenvalue weighted by atomic mass is 79.9. The average molecular weight is 332 g/mol. The fourth-order valence-corrected chi connectivity index (χ4v) is 3.83. The molecule has 0 saturated carbocycles. The molecule has 0 saturated heterocycles. The van der Waals surface area contributed by atoms with Crippen LogP contribution in [0.5, 0.6) is 5.75 Å². The van der Waals surface area contributed by atoms with Crippen LogP contribution in [0.4, 0.5) is 0 Å². The van der Waals surface area contributed by atoms with Gasteiger partial charge in [0.1, 0.15) is 10.6 Å². The lowest BCUT2D eigenvalue weighted by atomic mass is 10.3.